The summed E-state index contributed by atoms with van der Waals surface area (Å²) in [6.45, 7) is 1.30. The van der Waals surface area contributed by atoms with Crippen LogP contribution >= 0.6 is 0 Å². The van der Waals surface area contributed by atoms with Crippen molar-refractivity contribution < 1.29 is 34.4 Å². The molecule has 206 valence electrons. The average Bonchev–Trinajstić information content (AvgIpc) is 3.54. The number of benzene rings is 2. The number of nitrogens with zero attached hydrogens (tertiary/aromatic N) is 1. The maximum Gasteiger partial charge on any atom is 0.247 e. The molecule has 0 saturated heterocycles. The van der Waals surface area contributed by atoms with Gasteiger partial charge in [-0.25, -0.2) is 0 Å². The second-order valence-electron chi connectivity index (χ2n) is 9.86. The van der Waals surface area contributed by atoms with Gasteiger partial charge in [0.25, 0.3) is 0 Å². The normalized spacial score (nSPS) is 21.5. The number of aromatic amines is 1. The van der Waals surface area contributed by atoms with Gasteiger partial charge in [0.1, 0.15) is 12.2 Å². The van der Waals surface area contributed by atoms with Crippen LogP contribution in [0.15, 0.2) is 54.1 Å². The average molecular weight is 536 g/mol. The Kier molecular flexibility index (Phi) is 7.60. The number of H-pyrrole nitrogens is 1. The summed E-state index contributed by atoms with van der Waals surface area (Å²) in [4.78, 5) is 31.1. The van der Waals surface area contributed by atoms with E-state index in [9.17, 15) is 24.9 Å². The largest absolute Gasteiger partial charge is 0.493 e. The maximum absolute atomic E-state index is 13.3. The highest BCUT2D eigenvalue weighted by molar-refractivity contribution is 5.96. The van der Waals surface area contributed by atoms with Gasteiger partial charge in [0.15, 0.2) is 11.5 Å². The van der Waals surface area contributed by atoms with Crippen LogP contribution in [0, 0.1) is 0 Å². The molecule has 10 nitrogen and oxygen atoms in total. The van der Waals surface area contributed by atoms with Crippen LogP contribution in [-0.4, -0.2) is 82.1 Å². The lowest BCUT2D eigenvalue weighted by molar-refractivity contribution is -0.134. The van der Waals surface area contributed by atoms with E-state index in [-0.39, 0.29) is 25.7 Å². The molecule has 2 aliphatic rings. The maximum atomic E-state index is 13.3. The third kappa shape index (κ3) is 4.98. The minimum absolute atomic E-state index is 0.0469. The van der Waals surface area contributed by atoms with Crippen LogP contribution < -0.4 is 14.8 Å². The molecule has 5 N–H and O–H groups in total. The highest BCUT2D eigenvalue weighted by Crippen LogP contribution is 2.51. The van der Waals surface area contributed by atoms with Gasteiger partial charge in [0, 0.05) is 48.8 Å². The van der Waals surface area contributed by atoms with Gasteiger partial charge in [-0.1, -0.05) is 18.2 Å². The highest BCUT2D eigenvalue weighted by atomic mass is 16.5. The molecule has 10 heteroatoms. The van der Waals surface area contributed by atoms with E-state index in [1.165, 1.54) is 14.0 Å². The van der Waals surface area contributed by atoms with Crippen LogP contribution in [0.1, 0.15) is 29.7 Å². The fourth-order valence-corrected chi connectivity index (χ4v) is 5.64. The zero-order chi connectivity index (χ0) is 27.7. The number of hydrogen-bond donors (Lipinski definition) is 5. The van der Waals surface area contributed by atoms with Crippen molar-refractivity contribution in [1.29, 1.82) is 0 Å². The molecule has 1 aliphatic heterocycles. The number of carbonyl (C=O) groups is 2. The van der Waals surface area contributed by atoms with E-state index in [1.54, 1.807) is 23.1 Å². The summed E-state index contributed by atoms with van der Waals surface area (Å²) in [6.07, 6.45) is 0.121. The van der Waals surface area contributed by atoms with E-state index >= 15 is 0 Å². The lowest BCUT2D eigenvalue weighted by Crippen LogP contribution is -2.55. The molecular formula is C29H33N3O7. The van der Waals surface area contributed by atoms with Gasteiger partial charge in [-0.2, -0.15) is 0 Å². The summed E-state index contributed by atoms with van der Waals surface area (Å²) in [5.74, 6) is -0.576. The number of hydrogen-bond acceptors (Lipinski definition) is 7. The monoisotopic (exact) mass is 535 g/mol. The predicted molar refractivity (Wildman–Crippen MR) is 143 cm³/mol. The van der Waals surface area contributed by atoms with E-state index in [0.29, 0.717) is 41.2 Å². The lowest BCUT2D eigenvalue weighted by atomic mass is 9.77. The van der Waals surface area contributed by atoms with Crippen LogP contribution in [-0.2, 0) is 22.6 Å². The molecule has 2 aromatic carbocycles. The number of para-hydroxylation sites is 1. The van der Waals surface area contributed by atoms with Gasteiger partial charge in [0.05, 0.1) is 32.3 Å². The summed E-state index contributed by atoms with van der Waals surface area (Å²) in [5, 5.41) is 34.4. The van der Waals surface area contributed by atoms with Gasteiger partial charge in [0.2, 0.25) is 11.8 Å². The van der Waals surface area contributed by atoms with Gasteiger partial charge >= 0.3 is 0 Å². The standard InChI is InChI=1S/C29H33N3O7/c1-16(35)32(9-7-19-13-18-5-3-4-6-22(18)31-19)23-14-21(29(37)30-8-10-33)25-20-11-17(15-34)12-24(38-2)27(20)39-28(25)26(23)36/h3-6,11-14,23,25-26,28,31,33-34,36H,7-10,15H2,1-2H3,(H,30,37)/t23-,25+,26+,28+/m1/s1. The Morgan fingerprint density at radius 3 is 2.67 bits per heavy atom. The third-order valence-electron chi connectivity index (χ3n) is 7.47. The number of amides is 2. The van der Waals surface area contributed by atoms with E-state index < -0.39 is 30.1 Å². The second-order valence-corrected chi connectivity index (χ2v) is 9.86. The molecule has 4 atom stereocenters. The van der Waals surface area contributed by atoms with Crippen molar-refractivity contribution in [3.8, 4) is 11.5 Å². The summed E-state index contributed by atoms with van der Waals surface area (Å²) < 4.78 is 11.7. The molecule has 0 radical (unpaired) electrons. The van der Waals surface area contributed by atoms with E-state index in [1.807, 2.05) is 30.3 Å². The Bertz CT molecular complexity index is 1380. The number of nitrogens with one attached hydrogen (secondary N) is 2. The zero-order valence-electron chi connectivity index (χ0n) is 21.9. The van der Waals surface area contributed by atoms with Crippen molar-refractivity contribution in [3.05, 3.63) is 70.9 Å². The number of rotatable bonds is 9. The number of aliphatic hydroxyl groups is 3. The third-order valence-corrected chi connectivity index (χ3v) is 7.47. The molecular weight excluding hydrogens is 502 g/mol. The lowest BCUT2D eigenvalue weighted by Gasteiger charge is -2.40. The molecule has 0 fully saturated rings. The number of carbonyl (C=O) groups excluding carboxylic acids is 2. The summed E-state index contributed by atoms with van der Waals surface area (Å²) >= 11 is 0. The van der Waals surface area contributed by atoms with Crippen molar-refractivity contribution in [2.45, 2.75) is 44.1 Å². The second kappa shape index (κ2) is 11.1. The van der Waals surface area contributed by atoms with E-state index in [2.05, 4.69) is 10.3 Å². The Morgan fingerprint density at radius 1 is 1.18 bits per heavy atom. The summed E-state index contributed by atoms with van der Waals surface area (Å²) in [7, 11) is 1.48. The number of methoxy groups -OCH3 is 1. The molecule has 3 aromatic rings. The molecule has 2 heterocycles. The van der Waals surface area contributed by atoms with Crippen LogP contribution in [0.5, 0.6) is 11.5 Å². The fourth-order valence-electron chi connectivity index (χ4n) is 5.64. The Morgan fingerprint density at radius 2 is 1.97 bits per heavy atom. The summed E-state index contributed by atoms with van der Waals surface area (Å²) in [5.41, 5.74) is 3.44. The molecule has 1 aliphatic carbocycles. The van der Waals surface area contributed by atoms with Crippen molar-refractivity contribution in [2.24, 2.45) is 0 Å². The Balaban J connectivity index is 1.50. The zero-order valence-corrected chi connectivity index (χ0v) is 21.9. The van der Waals surface area contributed by atoms with Crippen LogP contribution in [0.2, 0.25) is 0 Å². The first kappa shape index (κ1) is 26.7. The smallest absolute Gasteiger partial charge is 0.247 e. The van der Waals surface area contributed by atoms with Crippen molar-refractivity contribution in [1.82, 2.24) is 15.2 Å². The molecule has 0 bridgehead atoms. The number of ether oxygens (including phenoxy) is 2. The Hall–Kier alpha value is -3.86. The van der Waals surface area contributed by atoms with E-state index in [0.717, 1.165) is 16.6 Å². The van der Waals surface area contributed by atoms with Gasteiger partial charge in [-0.3, -0.25) is 9.59 Å². The van der Waals surface area contributed by atoms with Crippen molar-refractivity contribution >= 4 is 22.7 Å². The molecule has 2 amide bonds. The number of fused-ring (bicyclic) bond motifs is 4. The van der Waals surface area contributed by atoms with Crippen LogP contribution in [0.3, 0.4) is 0 Å². The highest BCUT2D eigenvalue weighted by Gasteiger charge is 2.51. The topological polar surface area (TPSA) is 144 Å². The van der Waals surface area contributed by atoms with Crippen LogP contribution in [0.4, 0.5) is 0 Å². The molecule has 0 saturated carbocycles. The SMILES string of the molecule is COc1cc(CO)cc2c1O[C@@H]1[C@@H](O)[C@H](N(CCc3cc4ccccc4[nH]3)C(C)=O)C=C(C(=O)NCCO)[C@H]21. The molecule has 39 heavy (non-hydrogen) atoms. The van der Waals surface area contributed by atoms with Crippen LogP contribution in [0.25, 0.3) is 10.9 Å². The first-order valence-corrected chi connectivity index (χ1v) is 13.0. The van der Waals surface area contributed by atoms with E-state index in [4.69, 9.17) is 9.47 Å². The number of aromatic nitrogens is 1. The fraction of sp³-hybridized carbons (Fsp3) is 0.379. The predicted octanol–water partition coefficient (Wildman–Crippen LogP) is 1.38. The first-order chi connectivity index (χ1) is 18.9. The van der Waals surface area contributed by atoms with Gasteiger partial charge in [-0.15, -0.1) is 0 Å². The minimum atomic E-state index is -1.15. The quantitative estimate of drug-likeness (QED) is 0.278. The van der Waals surface area contributed by atoms with Crippen molar-refractivity contribution in [2.75, 3.05) is 26.8 Å². The molecule has 0 spiro atoms. The van der Waals surface area contributed by atoms with Crippen molar-refractivity contribution in [3.63, 3.8) is 0 Å². The molecule has 1 aromatic heterocycles. The van der Waals surface area contributed by atoms with Gasteiger partial charge in [-0.05, 0) is 41.3 Å². The molecule has 0 unspecified atom stereocenters. The summed E-state index contributed by atoms with van der Waals surface area (Å²) in [6, 6.07) is 12.5. The minimum Gasteiger partial charge on any atom is -0.493 e. The molecule has 5 rings (SSSR count). The van der Waals surface area contributed by atoms with Gasteiger partial charge < -0.3 is 40.0 Å². The number of aliphatic hydroxyl groups excluding tert-OH is 3. The Labute approximate surface area is 225 Å². The first-order valence-electron chi connectivity index (χ1n) is 13.0.